The summed E-state index contributed by atoms with van der Waals surface area (Å²) in [5, 5.41) is 0. The fourth-order valence-electron chi connectivity index (χ4n) is 1.03. The maximum atomic E-state index is 8.88. The van der Waals surface area contributed by atoms with Crippen LogP contribution in [0.1, 0.15) is 18.5 Å². The van der Waals surface area contributed by atoms with Crippen LogP contribution in [0.15, 0.2) is 30.3 Å². The Kier molecular flexibility index (Phi) is 16.2. The second-order valence-corrected chi connectivity index (χ2v) is 4.59. The van der Waals surface area contributed by atoms with Crippen molar-refractivity contribution in [3.63, 3.8) is 0 Å². The van der Waals surface area contributed by atoms with Gasteiger partial charge in [-0.15, -0.1) is 0 Å². The van der Waals surface area contributed by atoms with Gasteiger partial charge in [0.05, 0.1) is 0 Å². The van der Waals surface area contributed by atoms with Gasteiger partial charge >= 0.3 is 59.2 Å². The van der Waals surface area contributed by atoms with E-state index >= 15 is 0 Å². The van der Waals surface area contributed by atoms with E-state index in [2.05, 4.69) is 50.2 Å². The summed E-state index contributed by atoms with van der Waals surface area (Å²) in [6.45, 7) is 2.20. The Morgan fingerprint density at radius 2 is 1.44 bits per heavy atom. The fourth-order valence-corrected chi connectivity index (χ4v) is 1.03. The van der Waals surface area contributed by atoms with Crippen LogP contribution in [0.2, 0.25) is 0 Å². The van der Waals surface area contributed by atoms with Crippen molar-refractivity contribution in [1.29, 1.82) is 0 Å². The van der Waals surface area contributed by atoms with Crippen LogP contribution >= 0.6 is 7.82 Å². The molecule has 0 aromatic heterocycles. The van der Waals surface area contributed by atoms with Crippen LogP contribution in [0, 0.1) is 0 Å². The molecule has 0 spiro atoms. The Morgan fingerprint density at radius 3 is 1.72 bits per heavy atom. The van der Waals surface area contributed by atoms with Gasteiger partial charge in [0.15, 0.2) is 0 Å². The van der Waals surface area contributed by atoms with Gasteiger partial charge < -0.3 is 32.0 Å². The van der Waals surface area contributed by atoms with Crippen molar-refractivity contribution in [2.45, 2.75) is 13.0 Å². The molecule has 0 aliphatic heterocycles. The van der Waals surface area contributed by atoms with E-state index in [0.717, 1.165) is 0 Å². The van der Waals surface area contributed by atoms with Crippen LogP contribution in [0.3, 0.4) is 0 Å². The average Bonchev–Trinajstić information content (AvgIpc) is 2.15. The predicted octanol–water partition coefficient (Wildman–Crippen LogP) is -4.61. The third-order valence-corrected chi connectivity index (χ3v) is 2.06. The third kappa shape index (κ3) is 15.3. The second-order valence-electron chi connectivity index (χ2n) is 3.56. The van der Waals surface area contributed by atoms with Crippen LogP contribution in [0.25, 0.3) is 0 Å². The second kappa shape index (κ2) is 12.0. The molecule has 0 aliphatic rings. The van der Waals surface area contributed by atoms with Crippen LogP contribution in [0.4, 0.5) is 0 Å². The Labute approximate surface area is 157 Å². The maximum absolute atomic E-state index is 8.88. The first kappa shape index (κ1) is 24.2. The van der Waals surface area contributed by atoms with Gasteiger partial charge in [-0.05, 0) is 26.6 Å². The molecule has 1 aromatic rings. The minimum Gasteiger partial charge on any atom is -1.00 e. The number of halogens is 1. The van der Waals surface area contributed by atoms with Gasteiger partial charge in [0, 0.05) is 6.04 Å². The molecule has 5 nitrogen and oxygen atoms in total. The molecule has 0 saturated heterocycles. The molecule has 1 rings (SSSR count). The largest absolute Gasteiger partial charge is 1.00 e. The SMILES string of the molecule is CC(c1ccccc1)N(C)C.O=P(O)(O)O.[Cl-].[K+]. The van der Waals surface area contributed by atoms with Crippen LogP contribution < -0.4 is 63.8 Å². The molecular weight excluding hydrogens is 304 g/mol. The molecule has 8 heteroatoms. The van der Waals surface area contributed by atoms with E-state index in [1.807, 2.05) is 6.07 Å². The van der Waals surface area contributed by atoms with Gasteiger partial charge in [0.1, 0.15) is 0 Å². The molecule has 0 amide bonds. The van der Waals surface area contributed by atoms with Gasteiger partial charge in [-0.3, -0.25) is 0 Å². The Morgan fingerprint density at radius 1 is 1.11 bits per heavy atom. The molecule has 0 radical (unpaired) electrons. The van der Waals surface area contributed by atoms with Crippen molar-refractivity contribution in [1.82, 2.24) is 4.90 Å². The van der Waals surface area contributed by atoms with Crippen molar-refractivity contribution in [3.05, 3.63) is 35.9 Å². The van der Waals surface area contributed by atoms with E-state index in [1.54, 1.807) is 0 Å². The van der Waals surface area contributed by atoms with Gasteiger partial charge in [-0.1, -0.05) is 30.3 Å². The quantitative estimate of drug-likeness (QED) is 0.377. The normalized spacial score (nSPS) is 11.5. The number of benzene rings is 1. The fraction of sp³-hybridized carbons (Fsp3) is 0.400. The Bertz CT molecular complexity index is 339. The summed E-state index contributed by atoms with van der Waals surface area (Å²) in [6, 6.07) is 11.0. The summed E-state index contributed by atoms with van der Waals surface area (Å²) >= 11 is 0. The zero-order valence-electron chi connectivity index (χ0n) is 11.0. The first-order valence-corrected chi connectivity index (χ1v) is 6.28. The molecule has 100 valence electrons. The van der Waals surface area contributed by atoms with Crippen molar-refractivity contribution in [2.24, 2.45) is 0 Å². The molecule has 0 heterocycles. The molecule has 3 N–H and O–H groups in total. The zero-order chi connectivity index (χ0) is 12.8. The molecule has 1 aromatic carbocycles. The predicted molar refractivity (Wildman–Crippen MR) is 62.8 cm³/mol. The third-order valence-electron chi connectivity index (χ3n) is 2.06. The van der Waals surface area contributed by atoms with Gasteiger partial charge in [-0.25, -0.2) is 4.57 Å². The number of hydrogen-bond acceptors (Lipinski definition) is 2. The molecular formula is C10H18ClKNO4P. The van der Waals surface area contributed by atoms with Crippen molar-refractivity contribution in [2.75, 3.05) is 14.1 Å². The van der Waals surface area contributed by atoms with Crippen molar-refractivity contribution >= 4 is 7.82 Å². The van der Waals surface area contributed by atoms with Crippen LogP contribution in [-0.2, 0) is 4.57 Å². The van der Waals surface area contributed by atoms with Crippen molar-refractivity contribution < 1.29 is 83.0 Å². The minimum absolute atomic E-state index is 0. The summed E-state index contributed by atoms with van der Waals surface area (Å²) in [5.41, 5.74) is 1.37. The van der Waals surface area contributed by atoms with Crippen molar-refractivity contribution in [3.8, 4) is 0 Å². The zero-order valence-corrected chi connectivity index (χ0v) is 15.8. The summed E-state index contributed by atoms with van der Waals surface area (Å²) in [5.74, 6) is 0. The molecule has 18 heavy (non-hydrogen) atoms. The monoisotopic (exact) mass is 321 g/mol. The number of phosphoric acid groups is 1. The molecule has 0 fully saturated rings. The first-order chi connectivity index (χ1) is 7.22. The van der Waals surface area contributed by atoms with E-state index in [0.29, 0.717) is 6.04 Å². The molecule has 1 atom stereocenters. The summed E-state index contributed by atoms with van der Waals surface area (Å²) < 4.78 is 8.88. The van der Waals surface area contributed by atoms with Crippen LogP contribution in [-0.4, -0.2) is 33.7 Å². The molecule has 0 saturated carbocycles. The van der Waals surface area contributed by atoms with E-state index in [1.165, 1.54) is 5.56 Å². The van der Waals surface area contributed by atoms with Gasteiger partial charge in [0.2, 0.25) is 0 Å². The topological polar surface area (TPSA) is 81.0 Å². The number of hydrogen-bond donors (Lipinski definition) is 3. The minimum atomic E-state index is -4.64. The van der Waals surface area contributed by atoms with Gasteiger partial charge in [0.25, 0.3) is 0 Å². The first-order valence-electron chi connectivity index (χ1n) is 4.71. The number of rotatable bonds is 2. The summed E-state index contributed by atoms with van der Waals surface area (Å²) in [6.07, 6.45) is 0. The maximum Gasteiger partial charge on any atom is 1.00 e. The molecule has 0 bridgehead atoms. The van der Waals surface area contributed by atoms with E-state index < -0.39 is 7.82 Å². The van der Waals surface area contributed by atoms with E-state index in [-0.39, 0.29) is 63.8 Å². The van der Waals surface area contributed by atoms with Gasteiger partial charge in [-0.2, -0.15) is 0 Å². The standard InChI is InChI=1S/C10H15N.ClH.K.H3O4P/c1-9(11(2)3)10-7-5-4-6-8-10;;;1-5(2,3)4/h4-9H,1-3H3;1H;;(H3,1,2,3,4)/q;;+1;/p-1. The van der Waals surface area contributed by atoms with E-state index in [4.69, 9.17) is 19.2 Å². The van der Waals surface area contributed by atoms with Crippen LogP contribution in [0.5, 0.6) is 0 Å². The Hall–Kier alpha value is 1.22. The average molecular weight is 322 g/mol. The summed E-state index contributed by atoms with van der Waals surface area (Å²) in [4.78, 5) is 23.8. The number of nitrogens with zero attached hydrogens (tertiary/aromatic N) is 1. The smallest absolute Gasteiger partial charge is 1.00 e. The van der Waals surface area contributed by atoms with E-state index in [9.17, 15) is 0 Å². The molecule has 0 aliphatic carbocycles. The Balaban J connectivity index is -0.000000282. The molecule has 1 unspecified atom stereocenters. The summed E-state index contributed by atoms with van der Waals surface area (Å²) in [7, 11) is -0.449.